The molecule has 3 aromatic heterocycles. The predicted octanol–water partition coefficient (Wildman–Crippen LogP) is 10.9. The highest BCUT2D eigenvalue weighted by molar-refractivity contribution is 8.03. The molecule has 5 aromatic rings. The van der Waals surface area contributed by atoms with Crippen molar-refractivity contribution >= 4 is 68.6 Å². The number of hydrogen-bond acceptors (Lipinski definition) is 7. The number of allylic oxidation sites excluding steroid dienone is 6. The monoisotopic (exact) mass is 735 g/mol. The molecule has 0 saturated heterocycles. The molecule has 256 valence electrons. The number of fused-ring (bicyclic) bond motifs is 3. The maximum Gasteiger partial charge on any atom is 0.263 e. The van der Waals surface area contributed by atoms with Crippen LogP contribution in [0.2, 0.25) is 0 Å². The molecule has 1 aliphatic heterocycles. The number of rotatable bonds is 10. The summed E-state index contributed by atoms with van der Waals surface area (Å²) in [6.07, 6.45) is 22.6. The largest absolute Gasteiger partial charge is 0.335 e. The van der Waals surface area contributed by atoms with Gasteiger partial charge >= 0.3 is 0 Å². The summed E-state index contributed by atoms with van der Waals surface area (Å²) in [6, 6.07) is 13.7. The Kier molecular flexibility index (Phi) is 9.88. The molecule has 0 N–H and O–H groups in total. The van der Waals surface area contributed by atoms with Crippen LogP contribution in [0.5, 0.6) is 0 Å². The van der Waals surface area contributed by atoms with Crippen LogP contribution in [-0.2, 0) is 19.6 Å². The summed E-state index contributed by atoms with van der Waals surface area (Å²) < 4.78 is 8.22. The second-order valence-electron chi connectivity index (χ2n) is 12.8. The van der Waals surface area contributed by atoms with E-state index in [4.69, 9.17) is 0 Å². The minimum atomic E-state index is 0.663. The van der Waals surface area contributed by atoms with Crippen molar-refractivity contribution in [3.8, 4) is 0 Å². The second-order valence-corrected chi connectivity index (χ2v) is 17.0. The number of nitrogens with zero attached hydrogens (tertiary/aromatic N) is 6. The zero-order chi connectivity index (χ0) is 34.2. The molecule has 0 spiro atoms. The van der Waals surface area contributed by atoms with Crippen molar-refractivity contribution in [2.75, 3.05) is 11.4 Å². The Balaban J connectivity index is 1.04. The van der Waals surface area contributed by atoms with Crippen molar-refractivity contribution in [1.29, 1.82) is 0 Å². The molecule has 8 rings (SSSR count). The fourth-order valence-corrected chi connectivity index (χ4v) is 11.4. The number of aryl methyl sites for hydroxylation is 3. The standard InChI is InChI=1S/C40H43N6S4/c1-5-43-19-17-41-39(43)47-31-13-15-35-33(25-31)45(7-3)37(49-35)23-27-9-11-29-12-10-28(22-30(29)21-27)24-38-46(8-4)34-26-32(14-16-36(34)50-38)48-40-42-18-20-44(40)6-2/h13-26,29H,5-12H2,1-4H3/q+1. The van der Waals surface area contributed by atoms with Crippen LogP contribution in [0.4, 0.5) is 5.69 Å². The first-order chi connectivity index (χ1) is 24.5. The summed E-state index contributed by atoms with van der Waals surface area (Å²) in [5.41, 5.74) is 7.02. The lowest BCUT2D eigenvalue weighted by Gasteiger charge is -2.28. The van der Waals surface area contributed by atoms with Gasteiger partial charge in [-0.3, -0.25) is 0 Å². The van der Waals surface area contributed by atoms with Crippen LogP contribution in [0.15, 0.2) is 126 Å². The zero-order valence-corrected chi connectivity index (χ0v) is 32.4. The number of thioether (sulfide) groups is 1. The Morgan fingerprint density at radius 2 is 1.56 bits per heavy atom. The van der Waals surface area contributed by atoms with E-state index in [1.54, 1.807) is 23.5 Å². The van der Waals surface area contributed by atoms with Crippen LogP contribution in [0.3, 0.4) is 0 Å². The number of thiazole rings is 1. The van der Waals surface area contributed by atoms with Crippen LogP contribution in [0, 0.1) is 5.92 Å². The van der Waals surface area contributed by atoms with Gasteiger partial charge in [-0.15, -0.1) is 0 Å². The van der Waals surface area contributed by atoms with E-state index in [9.17, 15) is 0 Å². The van der Waals surface area contributed by atoms with Crippen molar-refractivity contribution in [1.82, 2.24) is 19.1 Å². The van der Waals surface area contributed by atoms with Gasteiger partial charge in [0.05, 0.1) is 10.7 Å². The topological polar surface area (TPSA) is 42.8 Å². The number of hydrogen-bond donors (Lipinski definition) is 0. The lowest BCUT2D eigenvalue weighted by Crippen LogP contribution is -2.33. The van der Waals surface area contributed by atoms with Crippen LogP contribution >= 0.6 is 46.6 Å². The molecule has 2 aromatic carbocycles. The summed E-state index contributed by atoms with van der Waals surface area (Å²) in [5.74, 6) is 0.663. The van der Waals surface area contributed by atoms with Crippen molar-refractivity contribution in [3.05, 3.63) is 106 Å². The maximum atomic E-state index is 4.58. The molecule has 0 saturated carbocycles. The van der Waals surface area contributed by atoms with E-state index < -0.39 is 0 Å². The average molecular weight is 736 g/mol. The molecule has 4 heterocycles. The van der Waals surface area contributed by atoms with Gasteiger partial charge < -0.3 is 14.0 Å². The molecule has 1 atom stereocenters. The quantitative estimate of drug-likeness (QED) is 0.133. The fraction of sp³-hybridized carbons (Fsp3) is 0.325. The normalized spacial score (nSPS) is 19.0. The van der Waals surface area contributed by atoms with Gasteiger partial charge in [0.25, 0.3) is 5.01 Å². The minimum absolute atomic E-state index is 0.663. The van der Waals surface area contributed by atoms with E-state index in [0.29, 0.717) is 5.92 Å². The minimum Gasteiger partial charge on any atom is -0.335 e. The molecular weight excluding hydrogens is 693 g/mol. The summed E-state index contributed by atoms with van der Waals surface area (Å²) in [6.45, 7) is 12.6. The van der Waals surface area contributed by atoms with Gasteiger partial charge in [-0.1, -0.05) is 58.8 Å². The third-order valence-electron chi connectivity index (χ3n) is 9.85. The molecule has 0 fully saturated rings. The zero-order valence-electron chi connectivity index (χ0n) is 29.1. The van der Waals surface area contributed by atoms with Crippen LogP contribution in [0.25, 0.3) is 16.3 Å². The first kappa shape index (κ1) is 33.7. The Morgan fingerprint density at radius 1 is 0.840 bits per heavy atom. The molecule has 1 unspecified atom stereocenters. The van der Waals surface area contributed by atoms with Crippen molar-refractivity contribution in [2.45, 2.75) is 98.0 Å². The van der Waals surface area contributed by atoms with Crippen molar-refractivity contribution in [2.24, 2.45) is 5.92 Å². The molecule has 0 bridgehead atoms. The van der Waals surface area contributed by atoms with E-state index in [1.807, 2.05) is 35.5 Å². The van der Waals surface area contributed by atoms with E-state index in [1.165, 1.54) is 70.2 Å². The molecule has 0 amide bonds. The average Bonchev–Trinajstić information content (AvgIpc) is 3.92. The number of benzene rings is 2. The van der Waals surface area contributed by atoms with E-state index in [0.717, 1.165) is 49.3 Å². The van der Waals surface area contributed by atoms with Crippen LogP contribution in [-0.4, -0.2) is 25.6 Å². The molecule has 2 aliphatic carbocycles. The number of aromatic nitrogens is 5. The molecule has 50 heavy (non-hydrogen) atoms. The van der Waals surface area contributed by atoms with E-state index in [-0.39, 0.29) is 0 Å². The summed E-state index contributed by atoms with van der Waals surface area (Å²) in [5, 5.41) is 4.76. The van der Waals surface area contributed by atoms with Gasteiger partial charge in [-0.05, 0) is 112 Å². The van der Waals surface area contributed by atoms with Gasteiger partial charge in [0.1, 0.15) is 11.2 Å². The highest BCUT2D eigenvalue weighted by Gasteiger charge is 2.28. The lowest BCUT2D eigenvalue weighted by atomic mass is 9.77. The summed E-state index contributed by atoms with van der Waals surface area (Å²) >= 11 is 7.31. The van der Waals surface area contributed by atoms with Gasteiger partial charge in [-0.25, -0.2) is 9.97 Å². The van der Waals surface area contributed by atoms with Gasteiger partial charge in [0.2, 0.25) is 5.52 Å². The lowest BCUT2D eigenvalue weighted by molar-refractivity contribution is -0.665. The first-order valence-electron chi connectivity index (χ1n) is 17.8. The fourth-order valence-electron chi connectivity index (χ4n) is 7.20. The van der Waals surface area contributed by atoms with Crippen LogP contribution in [0.1, 0.15) is 58.4 Å². The SMILES string of the molecule is CCN1/C(=C/C2=CC3=C/C(=C/c4sc5ccc(Sc6nccn6CC)cc5[n+]4CC)CCC3CC2)Sc2ccc(Sc3nccn3CC)cc21. The Morgan fingerprint density at radius 3 is 2.28 bits per heavy atom. The second kappa shape index (κ2) is 14.7. The number of imidazole rings is 2. The van der Waals surface area contributed by atoms with Crippen molar-refractivity contribution < 1.29 is 4.57 Å². The third kappa shape index (κ3) is 6.67. The molecule has 10 heteroatoms. The summed E-state index contributed by atoms with van der Waals surface area (Å²) in [4.78, 5) is 15.5. The Bertz CT molecular complexity index is 2180. The highest BCUT2D eigenvalue weighted by atomic mass is 32.2. The van der Waals surface area contributed by atoms with Crippen molar-refractivity contribution in [3.63, 3.8) is 0 Å². The predicted molar refractivity (Wildman–Crippen MR) is 211 cm³/mol. The van der Waals surface area contributed by atoms with Gasteiger partial charge in [-0.2, -0.15) is 4.57 Å². The third-order valence-corrected chi connectivity index (χ3v) is 14.1. The maximum absolute atomic E-state index is 4.58. The Labute approximate surface area is 312 Å². The smallest absolute Gasteiger partial charge is 0.263 e. The van der Waals surface area contributed by atoms with Gasteiger partial charge in [0.15, 0.2) is 10.3 Å². The molecule has 0 radical (unpaired) electrons. The van der Waals surface area contributed by atoms with Crippen LogP contribution < -0.4 is 9.47 Å². The van der Waals surface area contributed by atoms with Gasteiger partial charge in [0, 0.05) is 71.3 Å². The first-order valence-corrected chi connectivity index (χ1v) is 21.1. The Hall–Kier alpha value is -3.44. The molecule has 6 nitrogen and oxygen atoms in total. The molecule has 3 aliphatic rings. The molecular formula is C40H43N6S4+. The van der Waals surface area contributed by atoms with E-state index in [2.05, 4.69) is 129 Å². The number of anilines is 1. The highest BCUT2D eigenvalue weighted by Crippen LogP contribution is 2.49. The summed E-state index contributed by atoms with van der Waals surface area (Å²) in [7, 11) is 0. The van der Waals surface area contributed by atoms with E-state index >= 15 is 0 Å².